The highest BCUT2D eigenvalue weighted by Gasteiger charge is 1.93. The number of nitrogens with two attached hydrogens (primary N) is 1. The van der Waals surface area contributed by atoms with Crippen LogP contribution in [-0.4, -0.2) is 6.54 Å². The van der Waals surface area contributed by atoms with Crippen LogP contribution in [0, 0.1) is 0 Å². The number of allylic oxidation sites excluding steroid dienone is 2. The minimum atomic E-state index is 0.913. The average molecular weight is 97.1 g/mol. The van der Waals surface area contributed by atoms with Gasteiger partial charge in [-0.25, -0.2) is 5.01 Å². The zero-order chi connectivity index (χ0) is 5.11. The lowest BCUT2D eigenvalue weighted by Gasteiger charge is -2.04. The first kappa shape index (κ1) is 4.56. The molecular weight excluding hydrogens is 88.1 g/mol. The van der Waals surface area contributed by atoms with E-state index < -0.39 is 0 Å². The highest BCUT2D eigenvalue weighted by Crippen LogP contribution is 1.73. The van der Waals surface area contributed by atoms with E-state index in [0.717, 1.165) is 11.6 Å². The molecule has 0 radical (unpaired) electrons. The fourth-order valence-corrected chi connectivity index (χ4v) is 0.530. The van der Waals surface area contributed by atoms with Crippen LogP contribution < -0.4 is 10.9 Å². The molecule has 0 amide bonds. The minimum Gasteiger partial charge on any atom is -0.231 e. The van der Waals surface area contributed by atoms with Gasteiger partial charge in [-0.05, 0) is 12.2 Å². The van der Waals surface area contributed by atoms with Crippen LogP contribution in [0.5, 0.6) is 0 Å². The molecule has 1 rings (SSSR count). The fraction of sp³-hybridized carbons (Fsp3) is 0.200. The highest BCUT2D eigenvalue weighted by molar-refractivity contribution is 5.01. The molecule has 7 heavy (non-hydrogen) atoms. The summed E-state index contributed by atoms with van der Waals surface area (Å²) < 4.78 is 0. The molecular formula is C5H9N2+. The largest absolute Gasteiger partial charge is 0.231 e. The first-order valence-corrected chi connectivity index (χ1v) is 2.34. The first-order chi connectivity index (χ1) is 3.39. The molecule has 0 bridgehead atoms. The average Bonchev–Trinajstić information content (AvgIpc) is 1.69. The quantitative estimate of drug-likeness (QED) is 0.366. The Balaban J connectivity index is 2.49. The van der Waals surface area contributed by atoms with Gasteiger partial charge in [-0.15, -0.1) is 0 Å². The van der Waals surface area contributed by atoms with Crippen LogP contribution in [0.4, 0.5) is 0 Å². The van der Waals surface area contributed by atoms with Crippen molar-refractivity contribution in [1.82, 2.24) is 0 Å². The van der Waals surface area contributed by atoms with E-state index in [0.29, 0.717) is 0 Å². The number of hydrogen-bond donors (Lipinski definition) is 2. The zero-order valence-electron chi connectivity index (χ0n) is 4.09. The summed E-state index contributed by atoms with van der Waals surface area (Å²) in [5.74, 6) is 5.41. The smallest absolute Gasteiger partial charge is 0.118 e. The van der Waals surface area contributed by atoms with Crippen LogP contribution in [0.15, 0.2) is 24.4 Å². The second-order valence-corrected chi connectivity index (χ2v) is 1.57. The van der Waals surface area contributed by atoms with Crippen LogP contribution in [0.1, 0.15) is 0 Å². The van der Waals surface area contributed by atoms with Gasteiger partial charge < -0.3 is 0 Å². The maximum absolute atomic E-state index is 5.41. The monoisotopic (exact) mass is 97.1 g/mol. The van der Waals surface area contributed by atoms with Gasteiger partial charge in [-0.1, -0.05) is 6.08 Å². The number of nitrogens with one attached hydrogen (secondary N) is 1. The third-order valence-electron chi connectivity index (χ3n) is 0.911. The number of quaternary nitrogens is 1. The number of hydrogen-bond acceptors (Lipinski definition) is 1. The van der Waals surface area contributed by atoms with Gasteiger partial charge >= 0.3 is 0 Å². The first-order valence-electron chi connectivity index (χ1n) is 2.34. The Morgan fingerprint density at radius 1 is 1.43 bits per heavy atom. The summed E-state index contributed by atoms with van der Waals surface area (Å²) in [5, 5.41) is 0.947. The lowest BCUT2D eigenvalue weighted by molar-refractivity contribution is -0.854. The molecule has 1 aliphatic rings. The van der Waals surface area contributed by atoms with E-state index in [4.69, 9.17) is 5.84 Å². The lowest BCUT2D eigenvalue weighted by Crippen LogP contribution is -3.13. The normalized spacial score (nSPS) is 28.4. The van der Waals surface area contributed by atoms with E-state index in [9.17, 15) is 0 Å². The second-order valence-electron chi connectivity index (χ2n) is 1.57. The minimum absolute atomic E-state index is 0.913. The SMILES string of the molecule is N[NH+]1C=CC=CC1. The lowest BCUT2D eigenvalue weighted by atomic mass is 10.4. The molecule has 1 heterocycles. The molecule has 2 heteroatoms. The Kier molecular flexibility index (Phi) is 1.24. The van der Waals surface area contributed by atoms with Crippen molar-refractivity contribution in [3.8, 4) is 0 Å². The molecule has 2 nitrogen and oxygen atoms in total. The molecule has 0 fully saturated rings. The Bertz CT molecular complexity index is 105. The Morgan fingerprint density at radius 2 is 2.29 bits per heavy atom. The molecule has 0 aromatic rings. The summed E-state index contributed by atoms with van der Waals surface area (Å²) in [6.45, 7) is 0.913. The summed E-state index contributed by atoms with van der Waals surface area (Å²) >= 11 is 0. The molecule has 1 atom stereocenters. The molecule has 0 aromatic carbocycles. The van der Waals surface area contributed by atoms with E-state index in [1.807, 2.05) is 24.4 Å². The Labute approximate surface area is 42.9 Å². The van der Waals surface area contributed by atoms with Crippen molar-refractivity contribution in [2.24, 2.45) is 5.84 Å². The van der Waals surface area contributed by atoms with Gasteiger partial charge in [-0.3, -0.25) is 0 Å². The van der Waals surface area contributed by atoms with Crippen LogP contribution in [0.25, 0.3) is 0 Å². The van der Waals surface area contributed by atoms with Crippen molar-refractivity contribution < 1.29 is 5.01 Å². The van der Waals surface area contributed by atoms with Crippen LogP contribution in [-0.2, 0) is 0 Å². The van der Waals surface area contributed by atoms with Gasteiger partial charge in [0.15, 0.2) is 0 Å². The van der Waals surface area contributed by atoms with Gasteiger partial charge in [0.2, 0.25) is 0 Å². The fourth-order valence-electron chi connectivity index (χ4n) is 0.530. The van der Waals surface area contributed by atoms with Crippen molar-refractivity contribution in [1.29, 1.82) is 0 Å². The van der Waals surface area contributed by atoms with Gasteiger partial charge in [0.05, 0.1) is 0 Å². The summed E-state index contributed by atoms with van der Waals surface area (Å²) in [6, 6.07) is 0. The number of rotatable bonds is 0. The Morgan fingerprint density at radius 3 is 2.57 bits per heavy atom. The van der Waals surface area contributed by atoms with Gasteiger partial charge in [-0.2, -0.15) is 5.84 Å². The standard InChI is InChI=1S/C5H8N2/c6-7-4-2-1-3-5-7/h1-4H,5-6H2/p+1. The van der Waals surface area contributed by atoms with Crippen molar-refractivity contribution in [2.75, 3.05) is 6.54 Å². The van der Waals surface area contributed by atoms with Crippen molar-refractivity contribution in [3.63, 3.8) is 0 Å². The van der Waals surface area contributed by atoms with Gasteiger partial charge in [0.25, 0.3) is 0 Å². The summed E-state index contributed by atoms with van der Waals surface area (Å²) in [5.41, 5.74) is 0. The van der Waals surface area contributed by atoms with E-state index in [2.05, 4.69) is 0 Å². The second kappa shape index (κ2) is 1.91. The molecule has 0 saturated carbocycles. The van der Waals surface area contributed by atoms with Gasteiger partial charge in [0.1, 0.15) is 12.7 Å². The molecule has 38 valence electrons. The third-order valence-corrected chi connectivity index (χ3v) is 0.911. The zero-order valence-corrected chi connectivity index (χ0v) is 4.09. The highest BCUT2D eigenvalue weighted by atomic mass is 15.4. The van der Waals surface area contributed by atoms with E-state index >= 15 is 0 Å². The van der Waals surface area contributed by atoms with Crippen molar-refractivity contribution in [2.45, 2.75) is 0 Å². The maximum atomic E-state index is 5.41. The van der Waals surface area contributed by atoms with Crippen molar-refractivity contribution in [3.05, 3.63) is 24.4 Å². The molecule has 1 aliphatic heterocycles. The third kappa shape index (κ3) is 1.14. The predicted molar refractivity (Wildman–Crippen MR) is 28.3 cm³/mol. The summed E-state index contributed by atoms with van der Waals surface area (Å²) in [6.07, 6.45) is 7.89. The molecule has 1 unspecified atom stereocenters. The molecule has 0 spiro atoms. The molecule has 3 N–H and O–H groups in total. The van der Waals surface area contributed by atoms with E-state index in [-0.39, 0.29) is 0 Å². The topological polar surface area (TPSA) is 30.5 Å². The maximum Gasteiger partial charge on any atom is 0.118 e. The molecule has 0 aromatic heterocycles. The molecule has 0 aliphatic carbocycles. The van der Waals surface area contributed by atoms with Gasteiger partial charge in [0, 0.05) is 0 Å². The van der Waals surface area contributed by atoms with E-state index in [1.54, 1.807) is 0 Å². The van der Waals surface area contributed by atoms with Crippen molar-refractivity contribution >= 4 is 0 Å². The van der Waals surface area contributed by atoms with Crippen LogP contribution in [0.3, 0.4) is 0 Å². The summed E-state index contributed by atoms with van der Waals surface area (Å²) in [7, 11) is 0. The predicted octanol–water partition coefficient (Wildman–Crippen LogP) is -1.17. The van der Waals surface area contributed by atoms with Crippen LogP contribution >= 0.6 is 0 Å². The molecule has 0 saturated heterocycles. The Hall–Kier alpha value is -0.600. The summed E-state index contributed by atoms with van der Waals surface area (Å²) in [4.78, 5) is 0. The van der Waals surface area contributed by atoms with Crippen LogP contribution in [0.2, 0.25) is 0 Å². The van der Waals surface area contributed by atoms with E-state index in [1.165, 1.54) is 0 Å².